The maximum atomic E-state index is 10.2. The molecular formula is C20H21N3O2S. The first-order chi connectivity index (χ1) is 12.8. The van der Waals surface area contributed by atoms with E-state index in [1.165, 1.54) is 22.7 Å². The van der Waals surface area contributed by atoms with E-state index in [-0.39, 0.29) is 6.61 Å². The highest BCUT2D eigenvalue weighted by molar-refractivity contribution is 7.03. The molecule has 0 spiro atoms. The van der Waals surface area contributed by atoms with Crippen LogP contribution in [-0.2, 0) is 6.42 Å². The largest absolute Gasteiger partial charge is 0.491 e. The van der Waals surface area contributed by atoms with E-state index in [0.717, 1.165) is 29.8 Å². The van der Waals surface area contributed by atoms with Crippen molar-refractivity contribution >= 4 is 11.5 Å². The fourth-order valence-electron chi connectivity index (χ4n) is 3.31. The van der Waals surface area contributed by atoms with Crippen LogP contribution in [-0.4, -0.2) is 33.9 Å². The van der Waals surface area contributed by atoms with Gasteiger partial charge < -0.3 is 15.2 Å². The van der Waals surface area contributed by atoms with E-state index in [1.807, 2.05) is 29.6 Å². The van der Waals surface area contributed by atoms with Crippen LogP contribution in [0.1, 0.15) is 23.6 Å². The predicted molar refractivity (Wildman–Crippen MR) is 102 cm³/mol. The van der Waals surface area contributed by atoms with Gasteiger partial charge in [-0.25, -0.2) is 0 Å². The minimum atomic E-state index is -0.551. The van der Waals surface area contributed by atoms with Crippen LogP contribution in [0.4, 0.5) is 0 Å². The first-order valence-electron chi connectivity index (χ1n) is 8.79. The Hall–Kier alpha value is -2.28. The van der Waals surface area contributed by atoms with Crippen LogP contribution in [0.15, 0.2) is 53.9 Å². The van der Waals surface area contributed by atoms with Gasteiger partial charge in [0, 0.05) is 23.5 Å². The number of fused-ring (bicyclic) bond motifs is 1. The van der Waals surface area contributed by atoms with Crippen molar-refractivity contribution in [3.63, 3.8) is 0 Å². The Kier molecular flexibility index (Phi) is 5.24. The smallest absolute Gasteiger partial charge is 0.119 e. The summed E-state index contributed by atoms with van der Waals surface area (Å²) in [6, 6.07) is 16.5. The average Bonchev–Trinajstić information content (AvgIpc) is 3.35. The highest BCUT2D eigenvalue weighted by Crippen LogP contribution is 2.30. The van der Waals surface area contributed by atoms with Crippen LogP contribution in [0.5, 0.6) is 5.75 Å². The molecule has 2 unspecified atom stereocenters. The summed E-state index contributed by atoms with van der Waals surface area (Å²) in [4.78, 5) is 0. The summed E-state index contributed by atoms with van der Waals surface area (Å²) in [7, 11) is 0. The standard InChI is InChI=1S/C20H21N3O2S/c24-16(11-21-19-10-7-14-3-1-2-4-18(14)19)12-25-17-8-5-15(6-9-17)20-13-26-23-22-20/h1-6,8-9,13,16,19,21,24H,7,10-12H2. The Morgan fingerprint density at radius 3 is 2.85 bits per heavy atom. The number of hydrogen-bond acceptors (Lipinski definition) is 6. The van der Waals surface area contributed by atoms with E-state index >= 15 is 0 Å². The van der Waals surface area contributed by atoms with Crippen molar-refractivity contribution in [2.45, 2.75) is 25.0 Å². The molecule has 0 radical (unpaired) electrons. The third kappa shape index (κ3) is 3.93. The van der Waals surface area contributed by atoms with Gasteiger partial charge in [-0.2, -0.15) is 0 Å². The van der Waals surface area contributed by atoms with Crippen molar-refractivity contribution in [2.24, 2.45) is 0 Å². The summed E-state index contributed by atoms with van der Waals surface area (Å²) in [6.07, 6.45) is 1.63. The van der Waals surface area contributed by atoms with E-state index in [1.54, 1.807) is 0 Å². The number of nitrogens with one attached hydrogen (secondary N) is 1. The zero-order valence-electron chi connectivity index (χ0n) is 14.3. The molecule has 26 heavy (non-hydrogen) atoms. The molecular weight excluding hydrogens is 346 g/mol. The second kappa shape index (κ2) is 7.95. The number of aromatic nitrogens is 2. The number of benzene rings is 2. The van der Waals surface area contributed by atoms with Gasteiger partial charge in [-0.3, -0.25) is 0 Å². The lowest BCUT2D eigenvalue weighted by Crippen LogP contribution is -2.33. The molecule has 2 N–H and O–H groups in total. The molecule has 134 valence electrons. The molecule has 0 aliphatic heterocycles. The van der Waals surface area contributed by atoms with Crippen molar-refractivity contribution in [3.8, 4) is 17.0 Å². The molecule has 0 saturated heterocycles. The van der Waals surface area contributed by atoms with Crippen LogP contribution in [0, 0.1) is 0 Å². The molecule has 1 aliphatic rings. The minimum absolute atomic E-state index is 0.263. The first kappa shape index (κ1) is 17.1. The summed E-state index contributed by atoms with van der Waals surface area (Å²) >= 11 is 1.33. The molecule has 0 amide bonds. The van der Waals surface area contributed by atoms with Gasteiger partial charge in [0.2, 0.25) is 0 Å². The number of ether oxygens (including phenoxy) is 1. The third-order valence-corrected chi connectivity index (χ3v) is 5.19. The van der Waals surface area contributed by atoms with Crippen LogP contribution in [0.25, 0.3) is 11.3 Å². The first-order valence-corrected chi connectivity index (χ1v) is 9.63. The molecule has 0 bridgehead atoms. The molecule has 2 aromatic carbocycles. The molecule has 1 heterocycles. The lowest BCUT2D eigenvalue weighted by molar-refractivity contribution is 0.103. The summed E-state index contributed by atoms with van der Waals surface area (Å²) in [5, 5.41) is 19.6. The zero-order chi connectivity index (χ0) is 17.8. The van der Waals surface area contributed by atoms with Crippen molar-refractivity contribution in [1.29, 1.82) is 0 Å². The molecule has 6 heteroatoms. The fraction of sp³-hybridized carbons (Fsp3) is 0.300. The maximum absolute atomic E-state index is 10.2. The summed E-state index contributed by atoms with van der Waals surface area (Å²) in [5.74, 6) is 0.738. The number of aryl methyl sites for hydroxylation is 1. The Morgan fingerprint density at radius 2 is 2.04 bits per heavy atom. The number of hydrogen-bond donors (Lipinski definition) is 2. The van der Waals surface area contributed by atoms with Gasteiger partial charge in [0.15, 0.2) is 0 Å². The Balaban J connectivity index is 1.25. The van der Waals surface area contributed by atoms with Gasteiger partial charge in [-0.1, -0.05) is 28.8 Å². The molecule has 0 fully saturated rings. The van der Waals surface area contributed by atoms with Crippen molar-refractivity contribution < 1.29 is 9.84 Å². The third-order valence-electron chi connectivity index (χ3n) is 4.69. The van der Waals surface area contributed by atoms with Crippen LogP contribution >= 0.6 is 11.5 Å². The van der Waals surface area contributed by atoms with Gasteiger partial charge in [0.25, 0.3) is 0 Å². The summed E-state index contributed by atoms with van der Waals surface area (Å²) < 4.78 is 9.57. The van der Waals surface area contributed by atoms with Gasteiger partial charge in [-0.05, 0) is 59.8 Å². The van der Waals surface area contributed by atoms with E-state index in [9.17, 15) is 5.11 Å². The molecule has 3 aromatic rings. The predicted octanol–water partition coefficient (Wildman–Crippen LogP) is 3.22. The normalized spacial score (nSPS) is 17.0. The van der Waals surface area contributed by atoms with Gasteiger partial charge >= 0.3 is 0 Å². The Bertz CT molecular complexity index is 837. The molecule has 4 rings (SSSR count). The topological polar surface area (TPSA) is 67.3 Å². The number of aliphatic hydroxyl groups excluding tert-OH is 1. The summed E-state index contributed by atoms with van der Waals surface area (Å²) in [5.41, 5.74) is 4.63. The van der Waals surface area contributed by atoms with Crippen LogP contribution in [0.3, 0.4) is 0 Å². The molecule has 1 aromatic heterocycles. The number of rotatable bonds is 7. The number of nitrogens with zero attached hydrogens (tertiary/aromatic N) is 2. The van der Waals surface area contributed by atoms with E-state index < -0.39 is 6.10 Å². The second-order valence-corrected chi connectivity index (χ2v) is 7.09. The fourth-order valence-corrected chi connectivity index (χ4v) is 3.78. The van der Waals surface area contributed by atoms with Gasteiger partial charge in [-0.15, -0.1) is 5.10 Å². The zero-order valence-corrected chi connectivity index (χ0v) is 15.2. The molecule has 2 atom stereocenters. The van der Waals surface area contributed by atoms with Crippen molar-refractivity contribution in [2.75, 3.05) is 13.2 Å². The van der Waals surface area contributed by atoms with Crippen LogP contribution < -0.4 is 10.1 Å². The molecule has 5 nitrogen and oxygen atoms in total. The molecule has 0 saturated carbocycles. The average molecular weight is 367 g/mol. The van der Waals surface area contributed by atoms with E-state index in [0.29, 0.717) is 12.6 Å². The van der Waals surface area contributed by atoms with Crippen molar-refractivity contribution in [1.82, 2.24) is 14.9 Å². The SMILES string of the molecule is OC(CNC1CCc2ccccc21)COc1ccc(-c2csnn2)cc1. The number of aliphatic hydroxyl groups is 1. The van der Waals surface area contributed by atoms with Crippen LogP contribution in [0.2, 0.25) is 0 Å². The maximum Gasteiger partial charge on any atom is 0.119 e. The lowest BCUT2D eigenvalue weighted by atomic mass is 10.1. The second-order valence-electron chi connectivity index (χ2n) is 6.48. The van der Waals surface area contributed by atoms with Gasteiger partial charge in [0.1, 0.15) is 24.2 Å². The monoisotopic (exact) mass is 367 g/mol. The summed E-state index contributed by atoms with van der Waals surface area (Å²) in [6.45, 7) is 0.778. The van der Waals surface area contributed by atoms with Gasteiger partial charge in [0.05, 0.1) is 0 Å². The lowest BCUT2D eigenvalue weighted by Gasteiger charge is -2.18. The highest BCUT2D eigenvalue weighted by Gasteiger charge is 2.22. The van der Waals surface area contributed by atoms with Crippen molar-refractivity contribution in [3.05, 3.63) is 65.0 Å². The quantitative estimate of drug-likeness (QED) is 0.671. The Morgan fingerprint density at radius 1 is 1.19 bits per heavy atom. The Labute approximate surface area is 156 Å². The minimum Gasteiger partial charge on any atom is -0.491 e. The van der Waals surface area contributed by atoms with E-state index in [4.69, 9.17) is 4.74 Å². The van der Waals surface area contributed by atoms with E-state index in [2.05, 4.69) is 39.2 Å². The highest BCUT2D eigenvalue weighted by atomic mass is 32.1. The molecule has 1 aliphatic carbocycles.